The number of carbonyl (C=O) groups excluding carboxylic acids is 1. The molecule has 5 rings (SSSR count). The molecule has 0 N–H and O–H groups in total. The molecular formula is C29H27IN2O2S. The van der Waals surface area contributed by atoms with E-state index in [9.17, 15) is 4.79 Å². The molecule has 3 aromatic carbocycles. The Labute approximate surface area is 224 Å². The first-order valence-electron chi connectivity index (χ1n) is 12.0. The van der Waals surface area contributed by atoms with E-state index in [1.54, 1.807) is 0 Å². The molecule has 1 saturated carbocycles. The van der Waals surface area contributed by atoms with E-state index >= 15 is 0 Å². The molecule has 0 aromatic heterocycles. The van der Waals surface area contributed by atoms with Crippen molar-refractivity contribution in [3.05, 3.63) is 98.5 Å². The van der Waals surface area contributed by atoms with Crippen molar-refractivity contribution in [2.24, 2.45) is 4.99 Å². The van der Waals surface area contributed by atoms with E-state index in [4.69, 9.17) is 9.73 Å². The van der Waals surface area contributed by atoms with Crippen molar-refractivity contribution >= 4 is 57.2 Å². The number of hydrogen-bond acceptors (Lipinski definition) is 4. The van der Waals surface area contributed by atoms with Gasteiger partial charge in [0.2, 0.25) is 0 Å². The highest BCUT2D eigenvalue weighted by Gasteiger charge is 2.38. The molecule has 1 heterocycles. The Hall–Kier alpha value is -2.58. The minimum absolute atomic E-state index is 0.0654. The fourth-order valence-corrected chi connectivity index (χ4v) is 5.82. The van der Waals surface area contributed by atoms with Gasteiger partial charge in [0.05, 0.1) is 10.6 Å². The quantitative estimate of drug-likeness (QED) is 0.216. The fraction of sp³-hybridized carbons (Fsp3) is 0.241. The third-order valence-corrected chi connectivity index (χ3v) is 7.96. The SMILES string of the molecule is O=C1/C(=C/c2ccc(OCc3ccc(I)cc3)cc2)SC(=Nc2ccccc2)N1C1CCCCC1. The van der Waals surface area contributed by atoms with Gasteiger partial charge < -0.3 is 4.74 Å². The van der Waals surface area contributed by atoms with Gasteiger partial charge in [-0.1, -0.05) is 61.7 Å². The molecule has 0 atom stereocenters. The maximum absolute atomic E-state index is 13.5. The number of benzene rings is 3. The summed E-state index contributed by atoms with van der Waals surface area (Å²) >= 11 is 3.78. The molecule has 3 aromatic rings. The van der Waals surface area contributed by atoms with Crippen LogP contribution in [0.15, 0.2) is 88.8 Å². The first-order chi connectivity index (χ1) is 17.2. The molecule has 0 unspecified atom stereocenters. The highest BCUT2D eigenvalue weighted by Crippen LogP contribution is 2.38. The number of aliphatic imine (C=N–C) groups is 1. The number of para-hydroxylation sites is 1. The van der Waals surface area contributed by atoms with Gasteiger partial charge in [0, 0.05) is 9.61 Å². The lowest BCUT2D eigenvalue weighted by Crippen LogP contribution is -2.40. The summed E-state index contributed by atoms with van der Waals surface area (Å²) in [5, 5.41) is 0.789. The van der Waals surface area contributed by atoms with Crippen LogP contribution in [0.5, 0.6) is 5.75 Å². The van der Waals surface area contributed by atoms with E-state index in [0.29, 0.717) is 6.61 Å². The minimum Gasteiger partial charge on any atom is -0.489 e. The van der Waals surface area contributed by atoms with Crippen molar-refractivity contribution < 1.29 is 9.53 Å². The molecule has 0 bridgehead atoms. The number of nitrogens with zero attached hydrogens (tertiary/aromatic N) is 2. The van der Waals surface area contributed by atoms with E-state index in [2.05, 4.69) is 46.9 Å². The summed E-state index contributed by atoms with van der Waals surface area (Å²) < 4.78 is 7.15. The van der Waals surface area contributed by atoms with Crippen LogP contribution in [-0.4, -0.2) is 22.0 Å². The summed E-state index contributed by atoms with van der Waals surface area (Å²) in [5.41, 5.74) is 2.99. The summed E-state index contributed by atoms with van der Waals surface area (Å²) in [6.07, 6.45) is 7.64. The van der Waals surface area contributed by atoms with Crippen LogP contribution in [0.3, 0.4) is 0 Å². The number of hydrogen-bond donors (Lipinski definition) is 0. The third-order valence-electron chi connectivity index (χ3n) is 6.25. The smallest absolute Gasteiger partial charge is 0.267 e. The van der Waals surface area contributed by atoms with Gasteiger partial charge in [0.1, 0.15) is 12.4 Å². The molecule has 0 spiro atoms. The maximum Gasteiger partial charge on any atom is 0.267 e. The predicted octanol–water partition coefficient (Wildman–Crippen LogP) is 7.81. The van der Waals surface area contributed by atoms with Gasteiger partial charge in [-0.3, -0.25) is 9.69 Å². The number of thioether (sulfide) groups is 1. The zero-order valence-corrected chi connectivity index (χ0v) is 22.4. The average Bonchev–Trinajstić information content (AvgIpc) is 3.19. The lowest BCUT2D eigenvalue weighted by Gasteiger charge is -2.30. The lowest BCUT2D eigenvalue weighted by atomic mass is 9.94. The predicted molar refractivity (Wildman–Crippen MR) is 153 cm³/mol. The second kappa shape index (κ2) is 11.4. The van der Waals surface area contributed by atoms with Gasteiger partial charge in [-0.2, -0.15) is 0 Å². The molecule has 2 aliphatic rings. The van der Waals surface area contributed by atoms with Crippen molar-refractivity contribution in [1.82, 2.24) is 4.90 Å². The molecule has 2 fully saturated rings. The van der Waals surface area contributed by atoms with E-state index in [1.807, 2.05) is 65.6 Å². The van der Waals surface area contributed by atoms with Gasteiger partial charge in [0.25, 0.3) is 5.91 Å². The molecule has 178 valence electrons. The Balaban J connectivity index is 1.33. The van der Waals surface area contributed by atoms with Gasteiger partial charge in [0.15, 0.2) is 5.17 Å². The molecule has 1 aliphatic carbocycles. The second-order valence-corrected chi connectivity index (χ2v) is 11.0. The van der Waals surface area contributed by atoms with Crippen LogP contribution < -0.4 is 4.74 Å². The van der Waals surface area contributed by atoms with Crippen molar-refractivity contribution in [2.45, 2.75) is 44.8 Å². The van der Waals surface area contributed by atoms with Crippen LogP contribution in [0.4, 0.5) is 5.69 Å². The number of halogens is 1. The molecule has 6 heteroatoms. The summed E-state index contributed by atoms with van der Waals surface area (Å²) in [6.45, 7) is 0.529. The Morgan fingerprint density at radius 2 is 1.66 bits per heavy atom. The Bertz CT molecular complexity index is 1220. The lowest BCUT2D eigenvalue weighted by molar-refractivity contribution is -0.124. The monoisotopic (exact) mass is 594 g/mol. The summed E-state index contributed by atoms with van der Waals surface area (Å²) in [7, 11) is 0. The zero-order valence-electron chi connectivity index (χ0n) is 19.4. The van der Waals surface area contributed by atoms with Crippen molar-refractivity contribution in [2.75, 3.05) is 0 Å². The number of carbonyl (C=O) groups is 1. The normalized spacial score (nSPS) is 19.0. The zero-order chi connectivity index (χ0) is 24.0. The topological polar surface area (TPSA) is 41.9 Å². The van der Waals surface area contributed by atoms with Crippen LogP contribution in [0, 0.1) is 3.57 Å². The molecule has 35 heavy (non-hydrogen) atoms. The van der Waals surface area contributed by atoms with Crippen molar-refractivity contribution in [1.29, 1.82) is 0 Å². The van der Waals surface area contributed by atoms with Crippen LogP contribution >= 0.6 is 34.4 Å². The van der Waals surface area contributed by atoms with E-state index in [-0.39, 0.29) is 11.9 Å². The largest absolute Gasteiger partial charge is 0.489 e. The van der Waals surface area contributed by atoms with Crippen molar-refractivity contribution in [3.63, 3.8) is 0 Å². The number of amides is 1. The Kier molecular flexibility index (Phi) is 7.88. The fourth-order valence-electron chi connectivity index (χ4n) is 4.40. The average molecular weight is 595 g/mol. The van der Waals surface area contributed by atoms with Gasteiger partial charge in [-0.25, -0.2) is 4.99 Å². The molecule has 0 radical (unpaired) electrons. The summed E-state index contributed by atoms with van der Waals surface area (Å²) in [6, 6.07) is 26.4. The molecular weight excluding hydrogens is 567 g/mol. The first-order valence-corrected chi connectivity index (χ1v) is 13.9. The maximum atomic E-state index is 13.5. The van der Waals surface area contributed by atoms with E-state index in [1.165, 1.54) is 34.6 Å². The van der Waals surface area contributed by atoms with Crippen molar-refractivity contribution in [3.8, 4) is 5.75 Å². The van der Waals surface area contributed by atoms with Gasteiger partial charge >= 0.3 is 0 Å². The molecule has 1 amide bonds. The number of amidine groups is 1. The second-order valence-electron chi connectivity index (χ2n) is 8.79. The minimum atomic E-state index is 0.0654. The number of ether oxygens (including phenoxy) is 1. The van der Waals surface area contributed by atoms with Crippen LogP contribution in [0.1, 0.15) is 43.2 Å². The Morgan fingerprint density at radius 3 is 2.37 bits per heavy atom. The molecule has 1 saturated heterocycles. The third kappa shape index (κ3) is 6.16. The summed E-state index contributed by atoms with van der Waals surface area (Å²) in [4.78, 5) is 21.0. The highest BCUT2D eigenvalue weighted by atomic mass is 127. The summed E-state index contributed by atoms with van der Waals surface area (Å²) in [5.74, 6) is 0.877. The molecule has 4 nitrogen and oxygen atoms in total. The van der Waals surface area contributed by atoms with E-state index < -0.39 is 0 Å². The van der Waals surface area contributed by atoms with Crippen LogP contribution in [0.2, 0.25) is 0 Å². The standard InChI is InChI=1S/C29H27IN2O2S/c30-23-15-11-22(12-16-23)20-34-26-17-13-21(14-18-26)19-27-28(33)32(25-9-5-2-6-10-25)29(35-27)31-24-7-3-1-4-8-24/h1,3-4,7-8,11-19,25H,2,5-6,9-10,20H2/b27-19-,31-29?. The van der Waals surface area contributed by atoms with E-state index in [0.717, 1.165) is 45.5 Å². The number of rotatable bonds is 6. The van der Waals surface area contributed by atoms with Gasteiger partial charge in [-0.15, -0.1) is 0 Å². The Morgan fingerprint density at radius 1 is 0.943 bits per heavy atom. The highest BCUT2D eigenvalue weighted by molar-refractivity contribution is 14.1. The van der Waals surface area contributed by atoms with Crippen LogP contribution in [0.25, 0.3) is 6.08 Å². The van der Waals surface area contributed by atoms with Gasteiger partial charge in [-0.05, 0) is 101 Å². The van der Waals surface area contributed by atoms with Crippen LogP contribution in [-0.2, 0) is 11.4 Å². The first kappa shape index (κ1) is 24.1. The molecule has 1 aliphatic heterocycles.